The fraction of sp³-hybridized carbons (Fsp3) is 0. The van der Waals surface area contributed by atoms with Gasteiger partial charge < -0.3 is 9.73 Å². The molecule has 0 aliphatic rings. The van der Waals surface area contributed by atoms with Gasteiger partial charge in [-0.3, -0.25) is 14.9 Å². The number of amides is 1. The zero-order valence-electron chi connectivity index (χ0n) is 14.9. The number of rotatable bonds is 4. The van der Waals surface area contributed by atoms with E-state index in [0.717, 1.165) is 3.57 Å². The highest BCUT2D eigenvalue weighted by Gasteiger charge is 2.17. The summed E-state index contributed by atoms with van der Waals surface area (Å²) in [7, 11) is 0. The van der Waals surface area contributed by atoms with Crippen molar-refractivity contribution < 1.29 is 14.1 Å². The first-order valence-electron chi connectivity index (χ1n) is 8.43. The van der Waals surface area contributed by atoms with E-state index in [2.05, 4.69) is 48.8 Å². The molecular weight excluding hydrogens is 588 g/mol. The molecule has 1 aromatic heterocycles. The molecule has 30 heavy (non-hydrogen) atoms. The highest BCUT2D eigenvalue weighted by Crippen LogP contribution is 2.32. The molecule has 0 fully saturated rings. The molecule has 3 aromatic carbocycles. The van der Waals surface area contributed by atoms with Crippen LogP contribution in [-0.2, 0) is 0 Å². The molecule has 0 saturated carbocycles. The van der Waals surface area contributed by atoms with Gasteiger partial charge in [0.15, 0.2) is 5.58 Å². The summed E-state index contributed by atoms with van der Waals surface area (Å²) in [6.07, 6.45) is 0. The largest absolute Gasteiger partial charge is 0.436 e. The molecule has 0 radical (unpaired) electrons. The number of halogens is 3. The van der Waals surface area contributed by atoms with E-state index in [9.17, 15) is 14.9 Å². The Morgan fingerprint density at radius 2 is 1.97 bits per heavy atom. The van der Waals surface area contributed by atoms with E-state index >= 15 is 0 Å². The van der Waals surface area contributed by atoms with Gasteiger partial charge >= 0.3 is 0 Å². The van der Waals surface area contributed by atoms with E-state index in [1.165, 1.54) is 18.2 Å². The zero-order chi connectivity index (χ0) is 21.4. The third-order valence-electron chi connectivity index (χ3n) is 4.21. The normalized spacial score (nSPS) is 10.9. The van der Waals surface area contributed by atoms with E-state index in [1.807, 2.05) is 12.1 Å². The van der Waals surface area contributed by atoms with Crippen LogP contribution in [0.4, 0.5) is 11.4 Å². The molecule has 0 saturated heterocycles. The molecule has 0 bridgehead atoms. The lowest BCUT2D eigenvalue weighted by Gasteiger charge is -2.06. The van der Waals surface area contributed by atoms with Gasteiger partial charge in [0.1, 0.15) is 5.52 Å². The van der Waals surface area contributed by atoms with E-state index in [-0.39, 0.29) is 11.3 Å². The summed E-state index contributed by atoms with van der Waals surface area (Å²) in [5.74, 6) is -0.118. The van der Waals surface area contributed by atoms with Crippen LogP contribution in [0.25, 0.3) is 22.6 Å². The Morgan fingerprint density at radius 1 is 1.17 bits per heavy atom. The molecule has 10 heteroatoms. The van der Waals surface area contributed by atoms with Crippen LogP contribution >= 0.6 is 50.1 Å². The van der Waals surface area contributed by atoms with Crippen molar-refractivity contribution in [3.05, 3.63) is 83.3 Å². The zero-order valence-corrected chi connectivity index (χ0v) is 19.4. The van der Waals surface area contributed by atoms with Gasteiger partial charge in [-0.2, -0.15) is 0 Å². The lowest BCUT2D eigenvalue weighted by Crippen LogP contribution is -2.12. The number of anilines is 1. The maximum Gasteiger partial charge on any atom is 0.270 e. The second kappa shape index (κ2) is 8.32. The van der Waals surface area contributed by atoms with E-state index in [1.54, 1.807) is 24.3 Å². The number of nitro benzene ring substituents is 1. The van der Waals surface area contributed by atoms with Gasteiger partial charge in [0.05, 0.1) is 21.1 Å². The number of non-ortho nitro benzene ring substituents is 1. The first-order valence-corrected chi connectivity index (χ1v) is 10.7. The number of oxazole rings is 1. The van der Waals surface area contributed by atoms with Crippen LogP contribution in [0.1, 0.15) is 10.4 Å². The molecular formula is C20H10BrClIN3O4. The average Bonchev–Trinajstić information content (AvgIpc) is 3.13. The molecule has 0 unspecified atom stereocenters. The number of nitrogens with one attached hydrogen (secondary N) is 1. The first-order chi connectivity index (χ1) is 14.3. The second-order valence-corrected chi connectivity index (χ2v) is 8.71. The minimum absolute atomic E-state index is 0.149. The minimum Gasteiger partial charge on any atom is -0.436 e. The number of benzene rings is 3. The van der Waals surface area contributed by atoms with Gasteiger partial charge in [-0.25, -0.2) is 4.98 Å². The number of nitro groups is 1. The first kappa shape index (κ1) is 20.8. The summed E-state index contributed by atoms with van der Waals surface area (Å²) < 4.78 is 7.24. The van der Waals surface area contributed by atoms with Crippen molar-refractivity contribution in [2.45, 2.75) is 0 Å². The van der Waals surface area contributed by atoms with Crippen molar-refractivity contribution in [2.75, 3.05) is 5.32 Å². The van der Waals surface area contributed by atoms with Crippen LogP contribution in [0.3, 0.4) is 0 Å². The number of hydrogen-bond acceptors (Lipinski definition) is 5. The molecule has 1 N–H and O–H groups in total. The Balaban J connectivity index is 1.65. The maximum absolute atomic E-state index is 12.6. The van der Waals surface area contributed by atoms with Crippen molar-refractivity contribution in [3.8, 4) is 11.5 Å². The van der Waals surface area contributed by atoms with E-state index < -0.39 is 10.8 Å². The van der Waals surface area contributed by atoms with Crippen LogP contribution in [0, 0.1) is 13.7 Å². The molecule has 0 spiro atoms. The van der Waals surface area contributed by atoms with Gasteiger partial charge in [0, 0.05) is 25.9 Å². The summed E-state index contributed by atoms with van der Waals surface area (Å²) in [6.45, 7) is 0. The SMILES string of the molecule is O=C(Nc1ccc2oc(-c3cc(I)ccc3Cl)nc2c1)c1cc([N+](=O)[O-])ccc1Br. The Kier molecular flexibility index (Phi) is 5.76. The maximum atomic E-state index is 12.6. The number of carbonyl (C=O) groups is 1. The quantitative estimate of drug-likeness (QED) is 0.161. The van der Waals surface area contributed by atoms with Gasteiger partial charge in [-0.15, -0.1) is 0 Å². The van der Waals surface area contributed by atoms with Crippen LogP contribution < -0.4 is 5.32 Å². The average molecular weight is 599 g/mol. The molecule has 4 rings (SSSR count). The van der Waals surface area contributed by atoms with Crippen molar-refractivity contribution in [1.29, 1.82) is 0 Å². The van der Waals surface area contributed by atoms with Crippen molar-refractivity contribution >= 4 is 78.5 Å². The van der Waals surface area contributed by atoms with Crippen molar-refractivity contribution in [3.63, 3.8) is 0 Å². The monoisotopic (exact) mass is 597 g/mol. The van der Waals surface area contributed by atoms with Gasteiger partial charge in [0.25, 0.3) is 11.6 Å². The summed E-state index contributed by atoms with van der Waals surface area (Å²) in [4.78, 5) is 27.5. The Bertz CT molecular complexity index is 1320. The fourth-order valence-electron chi connectivity index (χ4n) is 2.78. The Labute approximate surface area is 196 Å². The lowest BCUT2D eigenvalue weighted by atomic mass is 10.2. The molecule has 4 aromatic rings. The summed E-state index contributed by atoms with van der Waals surface area (Å²) in [5, 5.41) is 14.2. The second-order valence-electron chi connectivity index (χ2n) is 6.20. The standard InChI is InChI=1S/C20H10BrClIN3O4/c21-15-4-3-12(26(28)29)9-13(15)19(27)24-11-2-6-18-17(8-11)25-20(30-18)14-7-10(23)1-5-16(14)22/h1-9H,(H,24,27). The number of nitrogens with zero attached hydrogens (tertiary/aromatic N) is 2. The van der Waals surface area contributed by atoms with Crippen LogP contribution in [-0.4, -0.2) is 15.8 Å². The van der Waals surface area contributed by atoms with Crippen molar-refractivity contribution in [1.82, 2.24) is 4.98 Å². The molecule has 1 heterocycles. The Morgan fingerprint density at radius 3 is 2.73 bits per heavy atom. The highest BCUT2D eigenvalue weighted by atomic mass is 127. The molecule has 0 atom stereocenters. The topological polar surface area (TPSA) is 98.3 Å². The number of hydrogen-bond donors (Lipinski definition) is 1. The molecule has 150 valence electrons. The number of fused-ring (bicyclic) bond motifs is 1. The predicted molar refractivity (Wildman–Crippen MR) is 126 cm³/mol. The molecule has 0 aliphatic heterocycles. The smallest absolute Gasteiger partial charge is 0.270 e. The summed E-state index contributed by atoms with van der Waals surface area (Å²) in [6, 6.07) is 14.5. The van der Waals surface area contributed by atoms with Crippen molar-refractivity contribution in [2.24, 2.45) is 0 Å². The molecule has 1 amide bonds. The van der Waals surface area contributed by atoms with Gasteiger partial charge in [-0.05, 0) is 81.0 Å². The van der Waals surface area contributed by atoms with Gasteiger partial charge in [-0.1, -0.05) is 11.6 Å². The number of aromatic nitrogens is 1. The van der Waals surface area contributed by atoms with E-state index in [4.69, 9.17) is 16.0 Å². The summed E-state index contributed by atoms with van der Waals surface area (Å²) >= 11 is 11.7. The van der Waals surface area contributed by atoms with Crippen LogP contribution in [0.2, 0.25) is 5.02 Å². The molecule has 7 nitrogen and oxygen atoms in total. The number of carbonyl (C=O) groups excluding carboxylic acids is 1. The van der Waals surface area contributed by atoms with E-state index in [0.29, 0.717) is 37.7 Å². The third-order valence-corrected chi connectivity index (χ3v) is 5.90. The minimum atomic E-state index is -0.553. The third kappa shape index (κ3) is 4.18. The summed E-state index contributed by atoms with van der Waals surface area (Å²) in [5.41, 5.74) is 2.20. The molecule has 0 aliphatic carbocycles. The fourth-order valence-corrected chi connectivity index (χ4v) is 3.90. The Hall–Kier alpha value is -2.50. The predicted octanol–water partition coefficient (Wildman–Crippen LogP) is 6.68. The van der Waals surface area contributed by atoms with Crippen LogP contribution in [0.15, 0.2) is 63.5 Å². The highest BCUT2D eigenvalue weighted by molar-refractivity contribution is 14.1. The van der Waals surface area contributed by atoms with Crippen LogP contribution in [0.5, 0.6) is 0 Å². The lowest BCUT2D eigenvalue weighted by molar-refractivity contribution is -0.384. The van der Waals surface area contributed by atoms with Gasteiger partial charge in [0.2, 0.25) is 5.89 Å².